The van der Waals surface area contributed by atoms with E-state index in [2.05, 4.69) is 34.5 Å². The molecular formula is C21H27N4O3+. The Bertz CT molecular complexity index is 830. The van der Waals surface area contributed by atoms with Crippen LogP contribution in [0.2, 0.25) is 0 Å². The number of nitro groups is 1. The predicted octanol–water partition coefficient (Wildman–Crippen LogP) is 1.81. The summed E-state index contributed by atoms with van der Waals surface area (Å²) < 4.78 is 0. The van der Waals surface area contributed by atoms with Crippen LogP contribution in [0.1, 0.15) is 34.8 Å². The van der Waals surface area contributed by atoms with Crippen molar-refractivity contribution in [2.75, 3.05) is 38.6 Å². The normalized spacial score (nSPS) is 15.2. The predicted molar refractivity (Wildman–Crippen MR) is 109 cm³/mol. The molecule has 0 radical (unpaired) electrons. The summed E-state index contributed by atoms with van der Waals surface area (Å²) in [5.41, 5.74) is 2.24. The van der Waals surface area contributed by atoms with Crippen LogP contribution in [0.25, 0.3) is 0 Å². The zero-order chi connectivity index (χ0) is 20.1. The number of rotatable bonds is 7. The van der Waals surface area contributed by atoms with Crippen molar-refractivity contribution >= 4 is 17.3 Å². The highest BCUT2D eigenvalue weighted by atomic mass is 16.6. The lowest BCUT2D eigenvalue weighted by Gasteiger charge is -2.26. The van der Waals surface area contributed by atoms with Gasteiger partial charge in [-0.2, -0.15) is 0 Å². The summed E-state index contributed by atoms with van der Waals surface area (Å²) in [7, 11) is 4.01. The largest absolute Gasteiger partial charge is 0.378 e. The van der Waals surface area contributed by atoms with Crippen molar-refractivity contribution in [1.29, 1.82) is 0 Å². The Balaban J connectivity index is 1.77. The molecule has 1 aliphatic rings. The smallest absolute Gasteiger partial charge is 0.282 e. The third kappa shape index (κ3) is 4.48. The van der Waals surface area contributed by atoms with Gasteiger partial charge in [-0.05, 0) is 18.2 Å². The molecule has 1 fully saturated rings. The van der Waals surface area contributed by atoms with E-state index in [-0.39, 0.29) is 17.3 Å². The van der Waals surface area contributed by atoms with Gasteiger partial charge in [-0.15, -0.1) is 0 Å². The highest BCUT2D eigenvalue weighted by Crippen LogP contribution is 2.19. The van der Waals surface area contributed by atoms with Crippen LogP contribution in [0.5, 0.6) is 0 Å². The molecule has 0 spiro atoms. The Morgan fingerprint density at radius 1 is 1.14 bits per heavy atom. The summed E-state index contributed by atoms with van der Waals surface area (Å²) in [6.07, 6.45) is 2.36. The van der Waals surface area contributed by atoms with Crippen LogP contribution in [-0.4, -0.2) is 44.6 Å². The van der Waals surface area contributed by atoms with Crippen molar-refractivity contribution in [3.05, 3.63) is 69.8 Å². The monoisotopic (exact) mass is 383 g/mol. The number of carbonyl (C=O) groups excluding carboxylic acids is 1. The summed E-state index contributed by atoms with van der Waals surface area (Å²) in [4.78, 5) is 26.8. The number of hydrogen-bond acceptors (Lipinski definition) is 4. The van der Waals surface area contributed by atoms with E-state index in [4.69, 9.17) is 0 Å². The van der Waals surface area contributed by atoms with Crippen molar-refractivity contribution < 1.29 is 14.6 Å². The maximum absolute atomic E-state index is 12.6. The van der Waals surface area contributed by atoms with E-state index >= 15 is 0 Å². The summed E-state index contributed by atoms with van der Waals surface area (Å²) >= 11 is 0. The number of benzene rings is 2. The Labute approximate surface area is 165 Å². The SMILES string of the molecule is CN(C)c1ccc([C@@H](CNC(=O)c2ccccc2[N+](=O)[O-])[NH+]2CCCC2)cc1. The molecule has 1 amide bonds. The van der Waals surface area contributed by atoms with Crippen LogP contribution < -0.4 is 15.1 Å². The highest BCUT2D eigenvalue weighted by Gasteiger charge is 2.29. The summed E-state index contributed by atoms with van der Waals surface area (Å²) in [6, 6.07) is 14.6. The molecule has 2 N–H and O–H groups in total. The van der Waals surface area contributed by atoms with Gasteiger partial charge in [0.05, 0.1) is 24.6 Å². The molecule has 0 unspecified atom stereocenters. The fourth-order valence-electron chi connectivity index (χ4n) is 3.80. The van der Waals surface area contributed by atoms with Crippen LogP contribution in [0, 0.1) is 10.1 Å². The molecule has 0 aromatic heterocycles. The van der Waals surface area contributed by atoms with Crippen LogP contribution in [0.3, 0.4) is 0 Å². The van der Waals surface area contributed by atoms with Crippen molar-refractivity contribution in [2.45, 2.75) is 18.9 Å². The quantitative estimate of drug-likeness (QED) is 0.565. The average Bonchev–Trinajstić information content (AvgIpc) is 3.22. The standard InChI is InChI=1S/C21H26N4O3/c1-23(2)17-11-9-16(10-12-17)20(24-13-5-6-14-24)15-22-21(26)18-7-3-4-8-19(18)25(27)28/h3-4,7-12,20H,5-6,13-15H2,1-2H3,(H,22,26)/p+1/t20-/m1/s1. The molecule has 2 aromatic carbocycles. The highest BCUT2D eigenvalue weighted by molar-refractivity contribution is 5.98. The van der Waals surface area contributed by atoms with Gasteiger partial charge in [0.15, 0.2) is 0 Å². The average molecular weight is 383 g/mol. The lowest BCUT2D eigenvalue weighted by Crippen LogP contribution is -3.11. The van der Waals surface area contributed by atoms with E-state index < -0.39 is 10.8 Å². The maximum Gasteiger partial charge on any atom is 0.282 e. The second-order valence-electron chi connectivity index (χ2n) is 7.39. The van der Waals surface area contributed by atoms with Crippen LogP contribution >= 0.6 is 0 Å². The Morgan fingerprint density at radius 2 is 1.79 bits per heavy atom. The molecule has 0 saturated carbocycles. The molecule has 1 atom stereocenters. The number of quaternary nitrogens is 1. The second kappa shape index (κ2) is 8.84. The van der Waals surface area contributed by atoms with E-state index in [0.29, 0.717) is 6.54 Å². The minimum Gasteiger partial charge on any atom is -0.378 e. The van der Waals surface area contributed by atoms with Crippen molar-refractivity contribution in [3.63, 3.8) is 0 Å². The molecule has 7 nitrogen and oxygen atoms in total. The number of anilines is 1. The van der Waals surface area contributed by atoms with E-state index in [9.17, 15) is 14.9 Å². The number of nitrogens with zero attached hydrogens (tertiary/aromatic N) is 2. The van der Waals surface area contributed by atoms with Gasteiger partial charge in [-0.1, -0.05) is 24.3 Å². The summed E-state index contributed by atoms with van der Waals surface area (Å²) in [6.45, 7) is 2.59. The third-order valence-electron chi connectivity index (χ3n) is 5.36. The third-order valence-corrected chi connectivity index (χ3v) is 5.36. The van der Waals surface area contributed by atoms with E-state index in [1.807, 2.05) is 14.1 Å². The van der Waals surface area contributed by atoms with Gasteiger partial charge in [0.2, 0.25) is 0 Å². The number of nitro benzene ring substituents is 1. The van der Waals surface area contributed by atoms with E-state index in [1.165, 1.54) is 35.4 Å². The van der Waals surface area contributed by atoms with Gasteiger partial charge in [0.1, 0.15) is 11.6 Å². The van der Waals surface area contributed by atoms with E-state index in [0.717, 1.165) is 18.8 Å². The van der Waals surface area contributed by atoms with Gasteiger partial charge in [0, 0.05) is 44.3 Å². The summed E-state index contributed by atoms with van der Waals surface area (Å²) in [5, 5.41) is 14.1. The topological polar surface area (TPSA) is 79.9 Å². The number of likely N-dealkylation sites (tertiary alicyclic amines) is 1. The first-order chi connectivity index (χ1) is 13.5. The minimum atomic E-state index is -0.516. The van der Waals surface area contributed by atoms with Gasteiger partial charge < -0.3 is 15.1 Å². The first kappa shape index (κ1) is 19.8. The first-order valence-corrected chi connectivity index (χ1v) is 9.61. The van der Waals surface area contributed by atoms with Gasteiger partial charge in [-0.3, -0.25) is 14.9 Å². The van der Waals surface area contributed by atoms with Gasteiger partial charge in [-0.25, -0.2) is 0 Å². The van der Waals surface area contributed by atoms with Crippen LogP contribution in [0.4, 0.5) is 11.4 Å². The lowest BCUT2D eigenvalue weighted by molar-refractivity contribution is -0.918. The molecule has 0 aliphatic carbocycles. The Hall–Kier alpha value is -2.93. The minimum absolute atomic E-state index is 0.102. The zero-order valence-electron chi connectivity index (χ0n) is 16.4. The number of amides is 1. The van der Waals surface area contributed by atoms with Gasteiger partial charge >= 0.3 is 0 Å². The Morgan fingerprint density at radius 3 is 2.39 bits per heavy atom. The molecule has 0 bridgehead atoms. The second-order valence-corrected chi connectivity index (χ2v) is 7.39. The molecule has 2 aromatic rings. The van der Waals surface area contributed by atoms with Crippen molar-refractivity contribution in [2.24, 2.45) is 0 Å². The van der Waals surface area contributed by atoms with Crippen molar-refractivity contribution in [1.82, 2.24) is 5.32 Å². The molecule has 3 rings (SSSR count). The number of hydrogen-bond donors (Lipinski definition) is 2. The first-order valence-electron chi connectivity index (χ1n) is 9.61. The van der Waals surface area contributed by atoms with Crippen LogP contribution in [0.15, 0.2) is 48.5 Å². The molecule has 1 aliphatic heterocycles. The molecule has 1 saturated heterocycles. The molecule has 148 valence electrons. The summed E-state index contributed by atoms with van der Waals surface area (Å²) in [5.74, 6) is -0.402. The van der Waals surface area contributed by atoms with Crippen molar-refractivity contribution in [3.8, 4) is 0 Å². The molecular weight excluding hydrogens is 356 g/mol. The fraction of sp³-hybridized carbons (Fsp3) is 0.381. The molecule has 1 heterocycles. The maximum atomic E-state index is 12.6. The fourth-order valence-corrected chi connectivity index (χ4v) is 3.80. The number of nitrogens with one attached hydrogen (secondary N) is 2. The lowest BCUT2D eigenvalue weighted by atomic mass is 10.0. The number of para-hydroxylation sites is 1. The van der Waals surface area contributed by atoms with Crippen LogP contribution in [-0.2, 0) is 0 Å². The number of carbonyl (C=O) groups is 1. The molecule has 28 heavy (non-hydrogen) atoms. The van der Waals surface area contributed by atoms with E-state index in [1.54, 1.807) is 12.1 Å². The molecule has 7 heteroatoms. The Kier molecular flexibility index (Phi) is 6.26. The van der Waals surface area contributed by atoms with Gasteiger partial charge in [0.25, 0.3) is 11.6 Å². The zero-order valence-corrected chi connectivity index (χ0v) is 16.4.